The monoisotopic (exact) mass is 469 g/mol. The highest BCUT2D eigenvalue weighted by Gasteiger charge is 2.35. The van der Waals surface area contributed by atoms with E-state index in [0.717, 1.165) is 0 Å². The smallest absolute Gasteiger partial charge is 0.305 e. The number of carboxylic acids is 1. The predicted molar refractivity (Wildman–Crippen MR) is 115 cm³/mol. The fourth-order valence-corrected chi connectivity index (χ4v) is 3.88. The zero-order valence-electron chi connectivity index (χ0n) is 18.0. The molecule has 11 heteroatoms. The van der Waals surface area contributed by atoms with Crippen molar-refractivity contribution in [3.63, 3.8) is 0 Å². The number of carbonyl (C=O) groups is 5. The summed E-state index contributed by atoms with van der Waals surface area (Å²) in [4.78, 5) is 60.6. The third-order valence-corrected chi connectivity index (χ3v) is 5.36. The van der Waals surface area contributed by atoms with E-state index < -0.39 is 42.2 Å². The number of nitrogens with one attached hydrogen (secondary N) is 2. The minimum atomic E-state index is -1.23. The first-order chi connectivity index (χ1) is 15.1. The summed E-state index contributed by atoms with van der Waals surface area (Å²) < 4.78 is 5.66. The van der Waals surface area contributed by atoms with Crippen LogP contribution in [-0.4, -0.2) is 77.4 Å². The molecule has 0 bridgehead atoms. The fraction of sp³-hybridized carbons (Fsp3) is 0.571. The summed E-state index contributed by atoms with van der Waals surface area (Å²) >= 11 is 6.23. The number of carbonyl (C=O) groups excluding carboxylic acids is 4. The second-order valence-electron chi connectivity index (χ2n) is 7.88. The molecule has 0 radical (unpaired) electrons. The minimum absolute atomic E-state index is 0.0126. The molecule has 3 N–H and O–H groups in total. The van der Waals surface area contributed by atoms with Crippen molar-refractivity contribution < 1.29 is 33.8 Å². The Morgan fingerprint density at radius 1 is 1.34 bits per heavy atom. The fourth-order valence-electron chi connectivity index (χ4n) is 3.58. The van der Waals surface area contributed by atoms with E-state index >= 15 is 0 Å². The number of likely N-dealkylation sites (tertiary alicyclic amines) is 1. The molecular formula is C21H28ClN3O7. The van der Waals surface area contributed by atoms with Crippen molar-refractivity contribution in [1.82, 2.24) is 15.5 Å². The van der Waals surface area contributed by atoms with Crippen LogP contribution in [0.5, 0.6) is 0 Å². The second kappa shape index (κ2) is 11.8. The van der Waals surface area contributed by atoms with Crippen molar-refractivity contribution in [2.75, 3.05) is 13.1 Å². The van der Waals surface area contributed by atoms with Crippen LogP contribution in [0.3, 0.4) is 0 Å². The average Bonchev–Trinajstić information content (AvgIpc) is 3.20. The summed E-state index contributed by atoms with van der Waals surface area (Å²) in [5.41, 5.74) is 0.251. The molecule has 0 aromatic rings. The summed E-state index contributed by atoms with van der Waals surface area (Å²) in [6, 6.07) is -2.00. The summed E-state index contributed by atoms with van der Waals surface area (Å²) in [7, 11) is 0. The van der Waals surface area contributed by atoms with E-state index in [1.807, 2.05) is 13.8 Å². The Labute approximate surface area is 191 Å². The summed E-state index contributed by atoms with van der Waals surface area (Å²) in [5, 5.41) is 14.0. The van der Waals surface area contributed by atoms with Crippen LogP contribution >= 0.6 is 11.6 Å². The van der Waals surface area contributed by atoms with E-state index in [2.05, 4.69) is 10.6 Å². The Kier molecular flexibility index (Phi) is 9.40. The standard InChI is InChI=1S/C21H28ClN3O7/c1-12(2)32-14-5-6-15(16(22)9-14)20(30)23-10-18(27)25-7-3-4-17(25)21(31)24-13(11-26)8-19(28)29/h5-6,11-14,17H,3-4,7-10H2,1-2H3,(H,23,30)(H,24,31)(H,28,29)/t13-,14?,17-/m0/s1. The molecule has 2 rings (SSSR count). The second-order valence-corrected chi connectivity index (χ2v) is 8.34. The van der Waals surface area contributed by atoms with Crippen LogP contribution in [0.4, 0.5) is 0 Å². The topological polar surface area (TPSA) is 142 Å². The van der Waals surface area contributed by atoms with Gasteiger partial charge in [-0.3, -0.25) is 19.2 Å². The van der Waals surface area contributed by atoms with Crippen LogP contribution in [0.2, 0.25) is 0 Å². The summed E-state index contributed by atoms with van der Waals surface area (Å²) in [6.07, 6.45) is 4.20. The molecule has 0 saturated carbocycles. The summed E-state index contributed by atoms with van der Waals surface area (Å²) in [5.74, 6) is -2.80. The van der Waals surface area contributed by atoms with Crippen molar-refractivity contribution >= 4 is 41.6 Å². The molecule has 1 aliphatic heterocycles. The Morgan fingerprint density at radius 3 is 2.66 bits per heavy atom. The van der Waals surface area contributed by atoms with Crippen LogP contribution in [0.25, 0.3) is 0 Å². The molecule has 32 heavy (non-hydrogen) atoms. The average molecular weight is 470 g/mol. The first-order valence-electron chi connectivity index (χ1n) is 10.4. The van der Waals surface area contributed by atoms with Gasteiger partial charge in [0.2, 0.25) is 11.8 Å². The first-order valence-corrected chi connectivity index (χ1v) is 10.8. The maximum Gasteiger partial charge on any atom is 0.305 e. The highest BCUT2D eigenvalue weighted by molar-refractivity contribution is 6.32. The number of rotatable bonds is 10. The van der Waals surface area contributed by atoms with Crippen LogP contribution in [0.15, 0.2) is 22.8 Å². The third kappa shape index (κ3) is 7.16. The molecule has 1 saturated heterocycles. The Morgan fingerprint density at radius 2 is 2.06 bits per heavy atom. The predicted octanol–water partition coefficient (Wildman–Crippen LogP) is 0.498. The SMILES string of the molecule is CC(C)OC1C=CC(C(=O)NCC(=O)N2CCC[C@H]2C(=O)N[C@H](C=O)CC(=O)O)=C(Cl)C1. The van der Waals surface area contributed by atoms with Gasteiger partial charge in [0, 0.05) is 18.0 Å². The van der Waals surface area contributed by atoms with E-state index in [1.54, 1.807) is 12.2 Å². The normalized spacial score (nSPS) is 21.4. The molecule has 1 fully saturated rings. The van der Waals surface area contributed by atoms with Crippen LogP contribution in [0.1, 0.15) is 39.5 Å². The molecule has 3 atom stereocenters. The number of aliphatic carboxylic acids is 1. The lowest BCUT2D eigenvalue weighted by atomic mass is 10.0. The molecule has 0 spiro atoms. The number of hydrogen-bond donors (Lipinski definition) is 3. The van der Waals surface area contributed by atoms with Gasteiger partial charge in [-0.2, -0.15) is 0 Å². The zero-order valence-corrected chi connectivity index (χ0v) is 18.8. The molecule has 0 aromatic carbocycles. The van der Waals surface area contributed by atoms with Gasteiger partial charge in [-0.15, -0.1) is 0 Å². The molecule has 2 aliphatic rings. The molecule has 1 aliphatic carbocycles. The number of aldehydes is 1. The lowest BCUT2D eigenvalue weighted by molar-refractivity contribution is -0.141. The van der Waals surface area contributed by atoms with Gasteiger partial charge in [0.05, 0.1) is 36.8 Å². The van der Waals surface area contributed by atoms with Crippen molar-refractivity contribution in [3.05, 3.63) is 22.8 Å². The van der Waals surface area contributed by atoms with Gasteiger partial charge in [-0.1, -0.05) is 17.7 Å². The Bertz CT molecular complexity index is 824. The number of ether oxygens (including phenoxy) is 1. The van der Waals surface area contributed by atoms with E-state index in [9.17, 15) is 24.0 Å². The number of amides is 3. The van der Waals surface area contributed by atoms with Gasteiger partial charge >= 0.3 is 5.97 Å². The van der Waals surface area contributed by atoms with Gasteiger partial charge in [0.1, 0.15) is 12.3 Å². The molecule has 176 valence electrons. The van der Waals surface area contributed by atoms with Gasteiger partial charge in [0.15, 0.2) is 0 Å². The molecule has 10 nitrogen and oxygen atoms in total. The Balaban J connectivity index is 1.91. The largest absolute Gasteiger partial charge is 0.481 e. The highest BCUT2D eigenvalue weighted by atomic mass is 35.5. The van der Waals surface area contributed by atoms with Gasteiger partial charge in [-0.25, -0.2) is 0 Å². The molecule has 3 amide bonds. The minimum Gasteiger partial charge on any atom is -0.481 e. The van der Waals surface area contributed by atoms with E-state index in [-0.39, 0.29) is 24.3 Å². The van der Waals surface area contributed by atoms with E-state index in [4.69, 9.17) is 21.4 Å². The summed E-state index contributed by atoms with van der Waals surface area (Å²) in [6.45, 7) is 3.78. The van der Waals surface area contributed by atoms with E-state index in [0.29, 0.717) is 37.1 Å². The maximum atomic E-state index is 12.6. The number of carboxylic acid groups (broad SMARTS) is 1. The zero-order chi connectivity index (χ0) is 23.8. The number of hydrogen-bond acceptors (Lipinski definition) is 6. The quantitative estimate of drug-likeness (QED) is 0.395. The van der Waals surface area contributed by atoms with Crippen molar-refractivity contribution in [1.29, 1.82) is 0 Å². The lowest BCUT2D eigenvalue weighted by Crippen LogP contribution is -2.51. The molecule has 0 aromatic heterocycles. The van der Waals surface area contributed by atoms with Crippen molar-refractivity contribution in [3.8, 4) is 0 Å². The van der Waals surface area contributed by atoms with Crippen LogP contribution in [-0.2, 0) is 28.7 Å². The Hall–Kier alpha value is -2.72. The maximum absolute atomic E-state index is 12.6. The highest BCUT2D eigenvalue weighted by Crippen LogP contribution is 2.25. The number of nitrogens with zero attached hydrogens (tertiary/aromatic N) is 1. The first kappa shape index (κ1) is 25.5. The van der Waals surface area contributed by atoms with Crippen LogP contribution in [0, 0.1) is 0 Å². The molecule has 1 heterocycles. The molecule has 1 unspecified atom stereocenters. The molecular weight excluding hydrogens is 442 g/mol. The van der Waals surface area contributed by atoms with Gasteiger partial charge in [-0.05, 0) is 32.8 Å². The lowest BCUT2D eigenvalue weighted by Gasteiger charge is -2.25. The van der Waals surface area contributed by atoms with Gasteiger partial charge in [0.25, 0.3) is 5.91 Å². The van der Waals surface area contributed by atoms with Crippen LogP contribution < -0.4 is 10.6 Å². The van der Waals surface area contributed by atoms with E-state index in [1.165, 1.54) is 4.90 Å². The van der Waals surface area contributed by atoms with Gasteiger partial charge < -0.3 is 30.2 Å². The van der Waals surface area contributed by atoms with Crippen molar-refractivity contribution in [2.24, 2.45) is 0 Å². The van der Waals surface area contributed by atoms with Crippen molar-refractivity contribution in [2.45, 2.75) is 63.8 Å². The third-order valence-electron chi connectivity index (χ3n) is 5.00. The number of halogens is 1.